The summed E-state index contributed by atoms with van der Waals surface area (Å²) in [4.78, 5) is 0. The molecule has 0 aromatic carbocycles. The van der Waals surface area contributed by atoms with Crippen LogP contribution in [0.15, 0.2) is 0 Å². The summed E-state index contributed by atoms with van der Waals surface area (Å²) in [6, 6.07) is 5.59. The maximum absolute atomic E-state index is 6.71. The molecule has 7 heteroatoms. The zero-order valence-electron chi connectivity index (χ0n) is 13.3. The van der Waals surface area contributed by atoms with Gasteiger partial charge in [0.2, 0.25) is 0 Å². The van der Waals surface area contributed by atoms with Crippen LogP contribution in [0.25, 0.3) is 0 Å². The number of rotatable bonds is 10. The molecule has 0 amide bonds. The van der Waals surface area contributed by atoms with Gasteiger partial charge in [-0.2, -0.15) is 0 Å². The van der Waals surface area contributed by atoms with Crippen LogP contribution in [0.4, 0.5) is 0 Å². The number of hydrogen-bond acceptors (Lipinski definition) is 2. The molecular weight excluding hydrogens is 331 g/mol. The van der Waals surface area contributed by atoms with E-state index in [1.165, 1.54) is 0 Å². The second kappa shape index (κ2) is 8.56. The lowest BCUT2D eigenvalue weighted by Crippen LogP contribution is -2.55. The average Bonchev–Trinajstić information content (AvgIpc) is 2.46. The summed E-state index contributed by atoms with van der Waals surface area (Å²) >= 11 is 13.4. The molecule has 0 N–H and O–H groups in total. The summed E-state index contributed by atoms with van der Waals surface area (Å²) in [5.41, 5.74) is 0. The van der Waals surface area contributed by atoms with E-state index >= 15 is 0 Å². The van der Waals surface area contributed by atoms with Crippen LogP contribution in [0, 0.1) is 0 Å². The summed E-state index contributed by atoms with van der Waals surface area (Å²) in [7, 11) is -6.49. The maximum atomic E-state index is 6.71. The Morgan fingerprint density at radius 2 is 0.842 bits per heavy atom. The van der Waals surface area contributed by atoms with Crippen LogP contribution >= 0.6 is 22.2 Å². The highest BCUT2D eigenvalue weighted by atomic mass is 35.6. The van der Waals surface area contributed by atoms with Crippen LogP contribution in [-0.4, -0.2) is 23.8 Å². The van der Waals surface area contributed by atoms with Gasteiger partial charge in [-0.1, -0.05) is 41.5 Å². The monoisotopic (exact) mass is 360 g/mol. The Bertz CT molecular complexity index is 233. The highest BCUT2D eigenvalue weighted by Crippen LogP contribution is 2.35. The molecule has 0 aliphatic rings. The average molecular weight is 362 g/mol. The SMILES string of the molecule is CC[Si](Cl)(CC)O[Si](CC)(CC)O[Si](Cl)(CC)CC. The van der Waals surface area contributed by atoms with E-state index in [1.54, 1.807) is 0 Å². The molecule has 0 saturated carbocycles. The van der Waals surface area contributed by atoms with Gasteiger partial charge < -0.3 is 8.23 Å². The molecule has 0 aliphatic carbocycles. The van der Waals surface area contributed by atoms with Gasteiger partial charge in [0.1, 0.15) is 0 Å². The molecule has 0 bridgehead atoms. The lowest BCUT2D eigenvalue weighted by atomic mass is 10.9. The molecule has 0 aromatic heterocycles. The minimum atomic E-state index is -2.24. The van der Waals surface area contributed by atoms with Crippen LogP contribution in [0.2, 0.25) is 36.3 Å². The Morgan fingerprint density at radius 1 is 0.579 bits per heavy atom. The summed E-state index contributed by atoms with van der Waals surface area (Å²) in [5.74, 6) is 0. The molecule has 0 unspecified atom stereocenters. The summed E-state index contributed by atoms with van der Waals surface area (Å²) < 4.78 is 13.0. The maximum Gasteiger partial charge on any atom is 0.318 e. The summed E-state index contributed by atoms with van der Waals surface area (Å²) in [6.45, 7) is 12.8. The van der Waals surface area contributed by atoms with Crippen molar-refractivity contribution in [2.75, 3.05) is 0 Å². The Labute approximate surface area is 132 Å². The molecule has 2 nitrogen and oxygen atoms in total. The van der Waals surface area contributed by atoms with Gasteiger partial charge in [0, 0.05) is 0 Å². The van der Waals surface area contributed by atoms with Gasteiger partial charge in [0.05, 0.1) is 0 Å². The van der Waals surface area contributed by atoms with E-state index in [0.717, 1.165) is 36.3 Å². The molecule has 0 aromatic rings. The molecule has 19 heavy (non-hydrogen) atoms. The molecular formula is C12H30Cl2O2Si3. The first kappa shape index (κ1) is 20.2. The summed E-state index contributed by atoms with van der Waals surface area (Å²) in [5, 5.41) is 0. The Morgan fingerprint density at radius 3 is 1.00 bits per heavy atom. The van der Waals surface area contributed by atoms with Crippen LogP contribution in [0.3, 0.4) is 0 Å². The molecule has 0 radical (unpaired) electrons. The predicted molar refractivity (Wildman–Crippen MR) is 94.0 cm³/mol. The van der Waals surface area contributed by atoms with Gasteiger partial charge in [-0.3, -0.25) is 0 Å². The zero-order chi connectivity index (χ0) is 15.2. The van der Waals surface area contributed by atoms with Crippen molar-refractivity contribution < 1.29 is 8.23 Å². The van der Waals surface area contributed by atoms with Crippen molar-refractivity contribution in [1.29, 1.82) is 0 Å². The third-order valence-corrected chi connectivity index (χ3v) is 20.8. The molecule has 0 rings (SSSR count). The van der Waals surface area contributed by atoms with E-state index in [0.29, 0.717) is 0 Å². The second-order valence-corrected chi connectivity index (χ2v) is 20.4. The predicted octanol–water partition coefficient (Wildman–Crippen LogP) is 5.94. The topological polar surface area (TPSA) is 18.5 Å². The molecule has 0 spiro atoms. The van der Waals surface area contributed by atoms with Gasteiger partial charge >= 0.3 is 8.56 Å². The quantitative estimate of drug-likeness (QED) is 0.354. The third-order valence-electron chi connectivity index (χ3n) is 3.93. The Hall–Kier alpha value is 1.15. The lowest BCUT2D eigenvalue weighted by molar-refractivity contribution is 0.378. The van der Waals surface area contributed by atoms with Gasteiger partial charge in [0.15, 0.2) is 0 Å². The summed E-state index contributed by atoms with van der Waals surface area (Å²) in [6.07, 6.45) is 0. The minimum absolute atomic E-state index is 0.929. The Kier molecular flexibility index (Phi) is 9.08. The lowest BCUT2D eigenvalue weighted by Gasteiger charge is -2.41. The van der Waals surface area contributed by atoms with E-state index < -0.39 is 23.8 Å². The van der Waals surface area contributed by atoms with E-state index in [1.807, 2.05) is 0 Å². The van der Waals surface area contributed by atoms with Crippen molar-refractivity contribution >= 4 is 46.0 Å². The fourth-order valence-corrected chi connectivity index (χ4v) is 16.5. The molecule has 116 valence electrons. The zero-order valence-corrected chi connectivity index (χ0v) is 17.8. The number of hydrogen-bond donors (Lipinski definition) is 0. The van der Waals surface area contributed by atoms with Crippen molar-refractivity contribution in [3.05, 3.63) is 0 Å². The van der Waals surface area contributed by atoms with Gasteiger partial charge in [0.25, 0.3) is 15.3 Å². The van der Waals surface area contributed by atoms with Crippen molar-refractivity contribution in [2.24, 2.45) is 0 Å². The van der Waals surface area contributed by atoms with Gasteiger partial charge in [-0.15, -0.1) is 22.2 Å². The van der Waals surface area contributed by atoms with E-state index in [4.69, 9.17) is 30.4 Å². The van der Waals surface area contributed by atoms with Crippen LogP contribution in [0.5, 0.6) is 0 Å². The van der Waals surface area contributed by atoms with Crippen LogP contribution in [-0.2, 0) is 8.23 Å². The molecule has 0 aliphatic heterocycles. The van der Waals surface area contributed by atoms with Crippen LogP contribution in [0.1, 0.15) is 41.5 Å². The third kappa shape index (κ3) is 5.81. The fraction of sp³-hybridized carbons (Fsp3) is 1.00. The first-order valence-electron chi connectivity index (χ1n) is 7.56. The standard InChI is InChI=1S/C12H30Cl2O2Si3/c1-7-17(13,8-2)15-19(11-5,12-6)16-18(14,9-3)10-4/h7-12H2,1-6H3. The first-order valence-corrected chi connectivity index (χ1v) is 16.5. The molecule has 0 fully saturated rings. The van der Waals surface area contributed by atoms with E-state index in [9.17, 15) is 0 Å². The van der Waals surface area contributed by atoms with Crippen molar-refractivity contribution in [3.63, 3.8) is 0 Å². The smallest absolute Gasteiger partial charge is 0.318 e. The Balaban J connectivity index is 5.15. The van der Waals surface area contributed by atoms with Crippen LogP contribution < -0.4 is 0 Å². The van der Waals surface area contributed by atoms with E-state index in [2.05, 4.69) is 41.5 Å². The molecule has 0 atom stereocenters. The fourth-order valence-electron chi connectivity index (χ4n) is 2.01. The molecule has 0 heterocycles. The first-order chi connectivity index (χ1) is 8.78. The molecule has 0 saturated heterocycles. The van der Waals surface area contributed by atoms with E-state index in [-0.39, 0.29) is 0 Å². The van der Waals surface area contributed by atoms with Gasteiger partial charge in [-0.05, 0) is 36.3 Å². The van der Waals surface area contributed by atoms with Crippen molar-refractivity contribution in [3.8, 4) is 0 Å². The number of halogens is 2. The highest BCUT2D eigenvalue weighted by molar-refractivity contribution is 7.21. The van der Waals surface area contributed by atoms with Gasteiger partial charge in [-0.25, -0.2) is 0 Å². The van der Waals surface area contributed by atoms with Crippen molar-refractivity contribution in [1.82, 2.24) is 0 Å². The second-order valence-electron chi connectivity index (χ2n) is 5.00. The minimum Gasteiger partial charge on any atom is -0.424 e. The highest BCUT2D eigenvalue weighted by Gasteiger charge is 2.47. The largest absolute Gasteiger partial charge is 0.424 e. The normalized spacial score (nSPS) is 13.9. The van der Waals surface area contributed by atoms with Crippen molar-refractivity contribution in [2.45, 2.75) is 77.8 Å².